The maximum atomic E-state index is 12.1. The summed E-state index contributed by atoms with van der Waals surface area (Å²) in [6, 6.07) is 1.34. The molecule has 128 valence electrons. The van der Waals surface area contributed by atoms with E-state index in [-0.39, 0.29) is 23.4 Å². The predicted molar refractivity (Wildman–Crippen MR) is 85.4 cm³/mol. The molecule has 0 unspecified atom stereocenters. The van der Waals surface area contributed by atoms with Crippen molar-refractivity contribution in [1.82, 2.24) is 14.7 Å². The van der Waals surface area contributed by atoms with Gasteiger partial charge in [0.1, 0.15) is 11.4 Å². The third kappa shape index (κ3) is 4.14. The van der Waals surface area contributed by atoms with E-state index < -0.39 is 11.7 Å². The zero-order valence-corrected chi connectivity index (χ0v) is 14.2. The average Bonchev–Trinajstić information content (AvgIpc) is 2.65. The molecule has 2 amide bonds. The number of carbonyl (C=O) groups excluding carboxylic acids is 2. The van der Waals surface area contributed by atoms with Crippen molar-refractivity contribution in [3.05, 3.63) is 16.4 Å². The van der Waals surface area contributed by atoms with E-state index in [2.05, 4.69) is 10.4 Å². The molecule has 0 saturated carbocycles. The van der Waals surface area contributed by atoms with Crippen LogP contribution in [0.2, 0.25) is 0 Å². The number of ether oxygens (including phenoxy) is 1. The molecule has 1 aromatic rings. The lowest BCUT2D eigenvalue weighted by Gasteiger charge is -2.38. The van der Waals surface area contributed by atoms with Gasteiger partial charge in [0, 0.05) is 25.2 Å². The molecule has 2 rings (SSSR count). The molecule has 0 spiro atoms. The number of carbonyl (C=O) groups is 2. The monoisotopic (exact) mass is 324 g/mol. The molecule has 23 heavy (non-hydrogen) atoms. The first-order chi connectivity index (χ1) is 10.6. The van der Waals surface area contributed by atoms with Gasteiger partial charge in [-0.25, -0.2) is 9.48 Å². The van der Waals surface area contributed by atoms with Gasteiger partial charge in [-0.15, -0.1) is 0 Å². The van der Waals surface area contributed by atoms with Crippen molar-refractivity contribution in [2.45, 2.75) is 46.3 Å². The highest BCUT2D eigenvalue weighted by Gasteiger charge is 2.38. The van der Waals surface area contributed by atoms with Gasteiger partial charge >= 0.3 is 6.09 Å². The Labute approximate surface area is 134 Å². The maximum absolute atomic E-state index is 12.1. The van der Waals surface area contributed by atoms with Crippen LogP contribution >= 0.6 is 0 Å². The summed E-state index contributed by atoms with van der Waals surface area (Å²) in [5, 5.41) is 5.52. The quantitative estimate of drug-likeness (QED) is 0.882. The molecule has 1 aliphatic rings. The Balaban J connectivity index is 1.86. The molecule has 0 radical (unpaired) electrons. The highest BCUT2D eigenvalue weighted by atomic mass is 16.6. The van der Waals surface area contributed by atoms with E-state index in [9.17, 15) is 14.4 Å². The zero-order valence-electron chi connectivity index (χ0n) is 14.2. The predicted octanol–water partition coefficient (Wildman–Crippen LogP) is 1.56. The van der Waals surface area contributed by atoms with Gasteiger partial charge in [-0.2, -0.15) is 0 Å². The van der Waals surface area contributed by atoms with Gasteiger partial charge in [0.15, 0.2) is 0 Å². The number of anilines is 1. The Morgan fingerprint density at radius 1 is 1.35 bits per heavy atom. The normalized spacial score (nSPS) is 15.5. The molecular formula is C15H24N4O4. The van der Waals surface area contributed by atoms with E-state index in [1.54, 1.807) is 20.8 Å². The average molecular weight is 324 g/mol. The second kappa shape index (κ2) is 6.10. The number of rotatable bonds is 3. The van der Waals surface area contributed by atoms with Crippen LogP contribution in [0.25, 0.3) is 0 Å². The van der Waals surface area contributed by atoms with Crippen LogP contribution in [0.5, 0.6) is 0 Å². The van der Waals surface area contributed by atoms with Crippen LogP contribution in [0.3, 0.4) is 0 Å². The number of nitrogens with one attached hydrogen (secondary N) is 2. The van der Waals surface area contributed by atoms with E-state index in [0.717, 1.165) is 0 Å². The lowest BCUT2D eigenvalue weighted by atomic mass is 10.00. The first-order valence-electron chi connectivity index (χ1n) is 7.67. The number of nitrogens with zero attached hydrogens (tertiary/aromatic N) is 2. The Hall–Kier alpha value is -2.25. The first kappa shape index (κ1) is 17.1. The van der Waals surface area contributed by atoms with Gasteiger partial charge < -0.3 is 15.0 Å². The van der Waals surface area contributed by atoms with Crippen molar-refractivity contribution in [3.63, 3.8) is 0 Å². The van der Waals surface area contributed by atoms with Crippen molar-refractivity contribution in [2.75, 3.05) is 18.4 Å². The smallest absolute Gasteiger partial charge is 0.410 e. The van der Waals surface area contributed by atoms with Crippen molar-refractivity contribution in [2.24, 2.45) is 5.92 Å². The van der Waals surface area contributed by atoms with E-state index in [0.29, 0.717) is 18.9 Å². The molecule has 1 aromatic heterocycles. The summed E-state index contributed by atoms with van der Waals surface area (Å²) in [7, 11) is 0. The fourth-order valence-electron chi connectivity index (χ4n) is 2.21. The largest absolute Gasteiger partial charge is 0.444 e. The molecule has 2 N–H and O–H groups in total. The number of hydrogen-bond acceptors (Lipinski definition) is 4. The molecule has 0 aromatic carbocycles. The van der Waals surface area contributed by atoms with Gasteiger partial charge in [0.2, 0.25) is 5.91 Å². The number of hydrogen-bond donors (Lipinski definition) is 2. The summed E-state index contributed by atoms with van der Waals surface area (Å²) < 4.78 is 6.67. The summed E-state index contributed by atoms with van der Waals surface area (Å²) in [4.78, 5) is 37.1. The van der Waals surface area contributed by atoms with Gasteiger partial charge in [-0.05, 0) is 34.6 Å². The second-order valence-electron chi connectivity index (χ2n) is 7.04. The number of likely N-dealkylation sites (tertiary alicyclic amines) is 1. The fourth-order valence-corrected chi connectivity index (χ4v) is 2.21. The summed E-state index contributed by atoms with van der Waals surface area (Å²) in [5.74, 6) is -0.153. The van der Waals surface area contributed by atoms with E-state index >= 15 is 0 Å². The van der Waals surface area contributed by atoms with Crippen LogP contribution in [-0.2, 0) is 9.53 Å². The van der Waals surface area contributed by atoms with Crippen molar-refractivity contribution >= 4 is 17.8 Å². The molecule has 8 nitrogen and oxygen atoms in total. The minimum atomic E-state index is -0.552. The van der Waals surface area contributed by atoms with Crippen LogP contribution in [0.15, 0.2) is 10.9 Å². The van der Waals surface area contributed by atoms with Crippen LogP contribution < -0.4 is 10.9 Å². The lowest BCUT2D eigenvalue weighted by Crippen LogP contribution is -2.55. The SMILES string of the molecule is CC(C)n1[nH]c(NC(=O)C2CN(C(=O)OC(C)(C)C)C2)cc1=O. The van der Waals surface area contributed by atoms with E-state index in [4.69, 9.17) is 4.74 Å². The Morgan fingerprint density at radius 2 is 1.96 bits per heavy atom. The molecule has 1 aliphatic heterocycles. The third-order valence-electron chi connectivity index (χ3n) is 3.42. The molecule has 0 atom stereocenters. The maximum Gasteiger partial charge on any atom is 0.410 e. The molecular weight excluding hydrogens is 300 g/mol. The van der Waals surface area contributed by atoms with Crippen LogP contribution in [0.1, 0.15) is 40.7 Å². The van der Waals surface area contributed by atoms with Gasteiger partial charge in [0.25, 0.3) is 5.56 Å². The minimum absolute atomic E-state index is 0.0143. The van der Waals surface area contributed by atoms with Crippen LogP contribution in [0, 0.1) is 5.92 Å². The fraction of sp³-hybridized carbons (Fsp3) is 0.667. The second-order valence-corrected chi connectivity index (χ2v) is 7.04. The van der Waals surface area contributed by atoms with Crippen LogP contribution in [0.4, 0.5) is 10.6 Å². The summed E-state index contributed by atoms with van der Waals surface area (Å²) in [6.45, 7) is 9.76. The first-order valence-corrected chi connectivity index (χ1v) is 7.67. The molecule has 1 saturated heterocycles. The number of aromatic amines is 1. The van der Waals surface area contributed by atoms with E-state index in [1.807, 2.05) is 13.8 Å². The molecule has 8 heteroatoms. The molecule has 2 heterocycles. The Morgan fingerprint density at radius 3 is 2.43 bits per heavy atom. The summed E-state index contributed by atoms with van der Waals surface area (Å²) in [6.07, 6.45) is -0.416. The van der Waals surface area contributed by atoms with E-state index in [1.165, 1.54) is 15.6 Å². The van der Waals surface area contributed by atoms with Crippen LogP contribution in [-0.4, -0.2) is 45.4 Å². The van der Waals surface area contributed by atoms with Gasteiger partial charge in [-0.1, -0.05) is 0 Å². The number of aromatic nitrogens is 2. The summed E-state index contributed by atoms with van der Waals surface area (Å²) >= 11 is 0. The number of amides is 2. The van der Waals surface area contributed by atoms with Gasteiger partial charge in [0.05, 0.1) is 5.92 Å². The highest BCUT2D eigenvalue weighted by Crippen LogP contribution is 2.20. The van der Waals surface area contributed by atoms with Gasteiger partial charge in [-0.3, -0.25) is 14.7 Å². The third-order valence-corrected chi connectivity index (χ3v) is 3.42. The van der Waals surface area contributed by atoms with Crippen molar-refractivity contribution in [1.29, 1.82) is 0 Å². The standard InChI is InChI=1S/C15H24N4O4/c1-9(2)19-12(20)6-11(17-19)16-13(21)10-7-18(8-10)14(22)23-15(3,4)5/h6,9-10,17H,7-8H2,1-5H3,(H,16,21). The molecule has 0 bridgehead atoms. The lowest BCUT2D eigenvalue weighted by molar-refractivity contribution is -0.124. The summed E-state index contributed by atoms with van der Waals surface area (Å²) in [5.41, 5.74) is -0.747. The van der Waals surface area contributed by atoms with Crippen molar-refractivity contribution < 1.29 is 14.3 Å². The Kier molecular flexibility index (Phi) is 4.53. The molecule has 0 aliphatic carbocycles. The topological polar surface area (TPSA) is 96.4 Å². The van der Waals surface area contributed by atoms with Crippen molar-refractivity contribution in [3.8, 4) is 0 Å². The molecule has 1 fully saturated rings. The zero-order chi connectivity index (χ0) is 17.4. The minimum Gasteiger partial charge on any atom is -0.444 e. The number of H-pyrrole nitrogens is 1. The highest BCUT2D eigenvalue weighted by molar-refractivity contribution is 5.93. The Bertz CT molecular complexity index is 647.